The number of hydrazine groups is 1. The molecule has 86 valence electrons. The smallest absolute Gasteiger partial charge is 0.206 e. The maximum absolute atomic E-state index is 5.45. The zero-order valence-electron chi connectivity index (χ0n) is 9.50. The van der Waals surface area contributed by atoms with E-state index in [-0.39, 0.29) is 0 Å². The van der Waals surface area contributed by atoms with Crippen molar-refractivity contribution in [3.63, 3.8) is 0 Å². The van der Waals surface area contributed by atoms with E-state index in [0.717, 1.165) is 18.3 Å². The highest BCUT2D eigenvalue weighted by Gasteiger charge is 2.26. The molecule has 2 fully saturated rings. The molecule has 1 atom stereocenters. The molecule has 0 heterocycles. The van der Waals surface area contributed by atoms with E-state index < -0.39 is 0 Å². The van der Waals surface area contributed by atoms with Crippen molar-refractivity contribution >= 4 is 5.96 Å². The van der Waals surface area contributed by atoms with Gasteiger partial charge in [-0.05, 0) is 31.6 Å². The van der Waals surface area contributed by atoms with E-state index in [2.05, 4.69) is 22.7 Å². The van der Waals surface area contributed by atoms with Crippen LogP contribution in [0.4, 0.5) is 0 Å². The van der Waals surface area contributed by atoms with Gasteiger partial charge in [-0.15, -0.1) is 0 Å². The highest BCUT2D eigenvalue weighted by Crippen LogP contribution is 2.34. The summed E-state index contributed by atoms with van der Waals surface area (Å²) >= 11 is 0. The number of guanidine groups is 1. The van der Waals surface area contributed by atoms with Gasteiger partial charge in [0.2, 0.25) is 5.96 Å². The van der Waals surface area contributed by atoms with Crippen LogP contribution in [0.5, 0.6) is 0 Å². The van der Waals surface area contributed by atoms with Crippen molar-refractivity contribution in [3.05, 3.63) is 0 Å². The van der Waals surface area contributed by atoms with Crippen LogP contribution in [0.3, 0.4) is 0 Å². The largest absolute Gasteiger partial charge is 0.353 e. The molecule has 0 aromatic heterocycles. The fourth-order valence-corrected chi connectivity index (χ4v) is 1.78. The summed E-state index contributed by atoms with van der Waals surface area (Å²) in [5, 5.41) is 3.41. The third kappa shape index (κ3) is 3.70. The lowest BCUT2D eigenvalue weighted by atomic mass is 10.1. The second kappa shape index (κ2) is 4.84. The summed E-state index contributed by atoms with van der Waals surface area (Å²) in [4.78, 5) is 4.49. The van der Waals surface area contributed by atoms with E-state index in [1.54, 1.807) is 0 Å². The van der Waals surface area contributed by atoms with Crippen molar-refractivity contribution in [1.29, 1.82) is 0 Å². The predicted molar refractivity (Wildman–Crippen MR) is 62.3 cm³/mol. The Morgan fingerprint density at radius 2 is 2.13 bits per heavy atom. The van der Waals surface area contributed by atoms with E-state index in [4.69, 9.17) is 5.84 Å². The van der Waals surface area contributed by atoms with E-state index in [1.807, 2.05) is 0 Å². The lowest BCUT2D eigenvalue weighted by molar-refractivity contribution is 0.503. The molecular weight excluding hydrogens is 188 g/mol. The number of hydrogen-bond acceptors (Lipinski definition) is 2. The summed E-state index contributed by atoms with van der Waals surface area (Å²) in [5.41, 5.74) is 2.67. The van der Waals surface area contributed by atoms with Crippen LogP contribution in [0.2, 0.25) is 0 Å². The molecule has 0 radical (unpaired) electrons. The summed E-state index contributed by atoms with van der Waals surface area (Å²) in [7, 11) is 0. The molecule has 0 amide bonds. The Bertz CT molecular complexity index is 231. The first-order valence-electron chi connectivity index (χ1n) is 6.12. The molecule has 15 heavy (non-hydrogen) atoms. The van der Waals surface area contributed by atoms with Gasteiger partial charge in [-0.25, -0.2) is 10.8 Å². The number of rotatable bonds is 5. The Labute approximate surface area is 91.7 Å². The Morgan fingerprint density at radius 1 is 1.40 bits per heavy atom. The minimum atomic E-state index is 0.516. The Morgan fingerprint density at radius 3 is 2.60 bits per heavy atom. The molecule has 0 bridgehead atoms. The Kier molecular flexibility index (Phi) is 3.46. The van der Waals surface area contributed by atoms with Gasteiger partial charge in [-0.3, -0.25) is 5.43 Å². The summed E-state index contributed by atoms with van der Waals surface area (Å²) in [6, 6.07) is 1.05. The molecule has 0 saturated heterocycles. The van der Waals surface area contributed by atoms with Crippen molar-refractivity contribution in [2.75, 3.05) is 0 Å². The van der Waals surface area contributed by atoms with Crippen molar-refractivity contribution in [2.24, 2.45) is 16.8 Å². The number of nitrogens with one attached hydrogen (secondary N) is 2. The van der Waals surface area contributed by atoms with Crippen molar-refractivity contribution in [1.82, 2.24) is 10.7 Å². The lowest BCUT2D eigenvalue weighted by Crippen LogP contribution is -2.46. The zero-order chi connectivity index (χ0) is 10.7. The average molecular weight is 210 g/mol. The standard InChI is InChI=1S/C11H22N4/c1-2-9(7-8-3-4-8)13-11(15-12)14-10-5-6-10/h8-10H,2-7,12H2,1H3,(H2,13,14,15). The maximum Gasteiger partial charge on any atom is 0.206 e. The molecule has 0 aromatic rings. The molecule has 4 N–H and O–H groups in total. The second-order valence-electron chi connectivity index (χ2n) is 4.78. The minimum Gasteiger partial charge on any atom is -0.353 e. The molecule has 0 spiro atoms. The van der Waals surface area contributed by atoms with Crippen LogP contribution in [0.25, 0.3) is 0 Å². The van der Waals surface area contributed by atoms with Crippen molar-refractivity contribution < 1.29 is 0 Å². The van der Waals surface area contributed by atoms with Gasteiger partial charge in [0.25, 0.3) is 0 Å². The first-order chi connectivity index (χ1) is 7.31. The molecule has 2 aliphatic carbocycles. The lowest BCUT2D eigenvalue weighted by Gasteiger charge is -2.18. The van der Waals surface area contributed by atoms with Crippen LogP contribution in [0, 0.1) is 5.92 Å². The Hall–Kier alpha value is -0.770. The van der Waals surface area contributed by atoms with Crippen molar-refractivity contribution in [2.45, 2.75) is 57.5 Å². The number of aliphatic imine (C=N–C) groups is 1. The van der Waals surface area contributed by atoms with Crippen LogP contribution < -0.4 is 16.6 Å². The first kappa shape index (κ1) is 10.7. The molecule has 0 aliphatic heterocycles. The van der Waals surface area contributed by atoms with E-state index in [0.29, 0.717) is 12.1 Å². The predicted octanol–water partition coefficient (Wildman–Crippen LogP) is 1.14. The number of nitrogens with two attached hydrogens (primary N) is 1. The van der Waals surface area contributed by atoms with Crippen molar-refractivity contribution in [3.8, 4) is 0 Å². The molecule has 0 aromatic carbocycles. The van der Waals surface area contributed by atoms with E-state index in [1.165, 1.54) is 32.1 Å². The zero-order valence-corrected chi connectivity index (χ0v) is 9.50. The van der Waals surface area contributed by atoms with Gasteiger partial charge < -0.3 is 5.32 Å². The molecule has 1 unspecified atom stereocenters. The van der Waals surface area contributed by atoms with Crippen LogP contribution in [-0.4, -0.2) is 18.0 Å². The van der Waals surface area contributed by atoms with Gasteiger partial charge >= 0.3 is 0 Å². The molecule has 2 saturated carbocycles. The molecule has 4 nitrogen and oxygen atoms in total. The average Bonchev–Trinajstić information content (AvgIpc) is 3.10. The van der Waals surface area contributed by atoms with Crippen LogP contribution in [0.1, 0.15) is 45.4 Å². The van der Waals surface area contributed by atoms with Gasteiger partial charge in [-0.2, -0.15) is 0 Å². The Balaban J connectivity index is 1.79. The number of nitrogens with zero attached hydrogens (tertiary/aromatic N) is 1. The van der Waals surface area contributed by atoms with E-state index in [9.17, 15) is 0 Å². The monoisotopic (exact) mass is 210 g/mol. The SMILES string of the molecule is CCC(CC1CC1)NC(=NC1CC1)NN. The summed E-state index contributed by atoms with van der Waals surface area (Å²) in [6.45, 7) is 2.21. The third-order valence-electron chi connectivity index (χ3n) is 3.14. The highest BCUT2D eigenvalue weighted by atomic mass is 15.3. The normalized spacial score (nSPS) is 23.7. The minimum absolute atomic E-state index is 0.516. The number of hydrogen-bond donors (Lipinski definition) is 3. The fourth-order valence-electron chi connectivity index (χ4n) is 1.78. The molecule has 4 heteroatoms. The molecular formula is C11H22N4. The van der Waals surface area contributed by atoms with Gasteiger partial charge in [0, 0.05) is 6.04 Å². The fraction of sp³-hybridized carbons (Fsp3) is 0.909. The molecule has 2 rings (SSSR count). The second-order valence-corrected chi connectivity index (χ2v) is 4.78. The van der Waals surface area contributed by atoms with Gasteiger partial charge in [-0.1, -0.05) is 19.8 Å². The maximum atomic E-state index is 5.45. The summed E-state index contributed by atoms with van der Waals surface area (Å²) in [6.07, 6.45) is 7.65. The highest BCUT2D eigenvalue weighted by molar-refractivity contribution is 5.79. The summed E-state index contributed by atoms with van der Waals surface area (Å²) < 4.78 is 0. The first-order valence-corrected chi connectivity index (χ1v) is 6.12. The van der Waals surface area contributed by atoms with Gasteiger partial charge in [0.15, 0.2) is 0 Å². The van der Waals surface area contributed by atoms with Gasteiger partial charge in [0.1, 0.15) is 0 Å². The van der Waals surface area contributed by atoms with Crippen LogP contribution in [-0.2, 0) is 0 Å². The quantitative estimate of drug-likeness (QED) is 0.276. The van der Waals surface area contributed by atoms with Crippen LogP contribution in [0.15, 0.2) is 4.99 Å². The molecule has 2 aliphatic rings. The summed E-state index contributed by atoms with van der Waals surface area (Å²) in [5.74, 6) is 7.18. The van der Waals surface area contributed by atoms with E-state index >= 15 is 0 Å². The van der Waals surface area contributed by atoms with Crippen LogP contribution >= 0.6 is 0 Å². The third-order valence-corrected chi connectivity index (χ3v) is 3.14. The van der Waals surface area contributed by atoms with Gasteiger partial charge in [0.05, 0.1) is 6.04 Å². The topological polar surface area (TPSA) is 62.4 Å².